The minimum absolute atomic E-state index is 0.140. The highest BCUT2D eigenvalue weighted by atomic mass is 16.5. The van der Waals surface area contributed by atoms with Gasteiger partial charge >= 0.3 is 0 Å². The average Bonchev–Trinajstić information content (AvgIpc) is 2.37. The Balaban J connectivity index is 2.78. The van der Waals surface area contributed by atoms with Gasteiger partial charge in [-0.05, 0) is 31.4 Å². The Morgan fingerprint density at radius 1 is 1.42 bits per heavy atom. The van der Waals surface area contributed by atoms with E-state index in [-0.39, 0.29) is 5.91 Å². The van der Waals surface area contributed by atoms with E-state index in [1.54, 1.807) is 14.0 Å². The molecule has 0 aliphatic rings. The lowest BCUT2D eigenvalue weighted by molar-refractivity contribution is -0.120. The summed E-state index contributed by atoms with van der Waals surface area (Å²) in [5.41, 5.74) is 7.08. The van der Waals surface area contributed by atoms with Gasteiger partial charge in [-0.2, -0.15) is 0 Å². The smallest absolute Gasteiger partial charge is 0.244 e. The Hall–Kier alpha value is -1.39. The number of amides is 1. The summed E-state index contributed by atoms with van der Waals surface area (Å²) < 4.78 is 5.07. The monoisotopic (exact) mass is 264 g/mol. The van der Waals surface area contributed by atoms with Crippen molar-refractivity contribution in [2.24, 2.45) is 5.73 Å². The highest BCUT2D eigenvalue weighted by molar-refractivity contribution is 5.98. The molecule has 1 aromatic rings. The van der Waals surface area contributed by atoms with E-state index in [0.29, 0.717) is 13.0 Å². The van der Waals surface area contributed by atoms with Crippen molar-refractivity contribution in [2.75, 3.05) is 19.0 Å². The van der Waals surface area contributed by atoms with Crippen molar-refractivity contribution < 1.29 is 9.53 Å². The molecule has 1 aromatic carbocycles. The number of benzene rings is 1. The molecule has 106 valence electrons. The van der Waals surface area contributed by atoms with Gasteiger partial charge in [0, 0.05) is 12.8 Å². The summed E-state index contributed by atoms with van der Waals surface area (Å²) in [6, 6.07) is 7.74. The zero-order chi connectivity index (χ0) is 14.3. The quantitative estimate of drug-likeness (QED) is 0.794. The molecule has 0 fully saturated rings. The van der Waals surface area contributed by atoms with Gasteiger partial charge in [-0.3, -0.25) is 4.79 Å². The molecule has 0 radical (unpaired) electrons. The first-order chi connectivity index (χ1) is 9.01. The Kier molecular flexibility index (Phi) is 5.99. The second-order valence-corrected chi connectivity index (χ2v) is 5.02. The number of rotatable bonds is 7. The Labute approximate surface area is 115 Å². The van der Waals surface area contributed by atoms with Gasteiger partial charge in [-0.25, -0.2) is 0 Å². The zero-order valence-electron chi connectivity index (χ0n) is 12.0. The fourth-order valence-corrected chi connectivity index (χ4v) is 1.97. The lowest BCUT2D eigenvalue weighted by atomic mass is 9.96. The molecule has 1 amide bonds. The van der Waals surface area contributed by atoms with Crippen LogP contribution in [0, 0.1) is 0 Å². The van der Waals surface area contributed by atoms with Crippen LogP contribution in [0.15, 0.2) is 24.3 Å². The second kappa shape index (κ2) is 7.26. The van der Waals surface area contributed by atoms with Crippen molar-refractivity contribution in [3.8, 4) is 0 Å². The number of methoxy groups -OCH3 is 1. The number of ether oxygens (including phenoxy) is 1. The number of hydrogen-bond acceptors (Lipinski definition) is 3. The van der Waals surface area contributed by atoms with Crippen molar-refractivity contribution in [1.29, 1.82) is 0 Å². The molecule has 0 bridgehead atoms. The number of carbonyl (C=O) groups is 1. The first-order valence-corrected chi connectivity index (χ1v) is 6.68. The van der Waals surface area contributed by atoms with E-state index >= 15 is 0 Å². The van der Waals surface area contributed by atoms with E-state index in [4.69, 9.17) is 10.5 Å². The normalized spacial score (nSPS) is 13.9. The topological polar surface area (TPSA) is 64.4 Å². The average molecular weight is 264 g/mol. The number of anilines is 1. The van der Waals surface area contributed by atoms with Crippen molar-refractivity contribution >= 4 is 11.6 Å². The highest BCUT2D eigenvalue weighted by Crippen LogP contribution is 2.18. The van der Waals surface area contributed by atoms with Gasteiger partial charge in [-0.1, -0.05) is 31.5 Å². The Morgan fingerprint density at radius 3 is 2.74 bits per heavy atom. The Bertz CT molecular complexity index is 416. The van der Waals surface area contributed by atoms with E-state index in [1.165, 1.54) is 0 Å². The lowest BCUT2D eigenvalue weighted by Crippen LogP contribution is -2.48. The molecule has 0 saturated carbocycles. The summed E-state index contributed by atoms with van der Waals surface area (Å²) in [6.45, 7) is 4.41. The Morgan fingerprint density at radius 2 is 2.11 bits per heavy atom. The van der Waals surface area contributed by atoms with E-state index in [9.17, 15) is 4.79 Å². The van der Waals surface area contributed by atoms with Crippen LogP contribution in [0.2, 0.25) is 0 Å². The SMILES string of the molecule is CCCC(C)(N)C(=O)Nc1ccccc1CCOC. The van der Waals surface area contributed by atoms with Gasteiger partial charge in [0.05, 0.1) is 12.1 Å². The fraction of sp³-hybridized carbons (Fsp3) is 0.533. The van der Waals surface area contributed by atoms with Crippen LogP contribution >= 0.6 is 0 Å². The van der Waals surface area contributed by atoms with Gasteiger partial charge in [-0.15, -0.1) is 0 Å². The summed E-state index contributed by atoms with van der Waals surface area (Å²) in [6.07, 6.45) is 2.31. The molecule has 1 atom stereocenters. The van der Waals surface area contributed by atoms with Crippen molar-refractivity contribution in [3.05, 3.63) is 29.8 Å². The summed E-state index contributed by atoms with van der Waals surface area (Å²) in [5.74, 6) is -0.140. The number of para-hydroxylation sites is 1. The third-order valence-electron chi connectivity index (χ3n) is 3.13. The molecule has 4 heteroatoms. The highest BCUT2D eigenvalue weighted by Gasteiger charge is 2.27. The summed E-state index contributed by atoms with van der Waals surface area (Å²) >= 11 is 0. The first kappa shape index (κ1) is 15.7. The number of nitrogens with two attached hydrogens (primary N) is 1. The number of nitrogens with one attached hydrogen (secondary N) is 1. The molecule has 0 heterocycles. The number of carbonyl (C=O) groups excluding carboxylic acids is 1. The predicted octanol–water partition coefficient (Wildman–Crippen LogP) is 2.33. The predicted molar refractivity (Wildman–Crippen MR) is 78.2 cm³/mol. The maximum absolute atomic E-state index is 12.2. The number of hydrogen-bond donors (Lipinski definition) is 2. The molecule has 3 N–H and O–H groups in total. The van der Waals surface area contributed by atoms with Crippen LogP contribution < -0.4 is 11.1 Å². The molecule has 1 rings (SSSR count). The lowest BCUT2D eigenvalue weighted by Gasteiger charge is -2.23. The van der Waals surface area contributed by atoms with Crippen molar-refractivity contribution in [3.63, 3.8) is 0 Å². The molecule has 1 unspecified atom stereocenters. The van der Waals surface area contributed by atoms with Crippen LogP contribution in [0.25, 0.3) is 0 Å². The van der Waals surface area contributed by atoms with Crippen molar-refractivity contribution in [1.82, 2.24) is 0 Å². The van der Waals surface area contributed by atoms with Crippen LogP contribution in [0.1, 0.15) is 32.3 Å². The molecule has 4 nitrogen and oxygen atoms in total. The molecule has 0 spiro atoms. The molecular weight excluding hydrogens is 240 g/mol. The van der Waals surface area contributed by atoms with Crippen LogP contribution in [0.3, 0.4) is 0 Å². The van der Waals surface area contributed by atoms with Crippen LogP contribution in [-0.4, -0.2) is 25.2 Å². The summed E-state index contributed by atoms with van der Waals surface area (Å²) in [7, 11) is 1.67. The maximum Gasteiger partial charge on any atom is 0.244 e. The van der Waals surface area contributed by atoms with Gasteiger partial charge in [0.25, 0.3) is 0 Å². The summed E-state index contributed by atoms with van der Waals surface area (Å²) in [4.78, 5) is 12.2. The minimum Gasteiger partial charge on any atom is -0.384 e. The largest absolute Gasteiger partial charge is 0.384 e. The standard InChI is InChI=1S/C15H24N2O2/c1-4-10-15(2,16)14(18)17-13-8-6-5-7-12(13)9-11-19-3/h5-8H,4,9-11,16H2,1-3H3,(H,17,18). The van der Waals surface area contributed by atoms with Gasteiger partial charge < -0.3 is 15.8 Å². The molecule has 0 aliphatic heterocycles. The maximum atomic E-state index is 12.2. The van der Waals surface area contributed by atoms with Gasteiger partial charge in [0.1, 0.15) is 0 Å². The first-order valence-electron chi connectivity index (χ1n) is 6.68. The molecule has 0 aliphatic carbocycles. The van der Waals surface area contributed by atoms with E-state index < -0.39 is 5.54 Å². The van der Waals surface area contributed by atoms with Crippen LogP contribution in [0.5, 0.6) is 0 Å². The molecule has 0 saturated heterocycles. The zero-order valence-corrected chi connectivity index (χ0v) is 12.0. The minimum atomic E-state index is -0.830. The molecule has 0 aromatic heterocycles. The second-order valence-electron chi connectivity index (χ2n) is 5.02. The van der Waals surface area contributed by atoms with Crippen LogP contribution in [0.4, 0.5) is 5.69 Å². The van der Waals surface area contributed by atoms with E-state index in [1.807, 2.05) is 31.2 Å². The summed E-state index contributed by atoms with van der Waals surface area (Å²) in [5, 5.41) is 2.93. The van der Waals surface area contributed by atoms with Gasteiger partial charge in [0.15, 0.2) is 0 Å². The molecular formula is C15H24N2O2. The van der Waals surface area contributed by atoms with Crippen LogP contribution in [-0.2, 0) is 16.0 Å². The third kappa shape index (κ3) is 4.65. The third-order valence-corrected chi connectivity index (χ3v) is 3.13. The fourth-order valence-electron chi connectivity index (χ4n) is 1.97. The molecule has 19 heavy (non-hydrogen) atoms. The van der Waals surface area contributed by atoms with Gasteiger partial charge in [0.2, 0.25) is 5.91 Å². The van der Waals surface area contributed by atoms with Crippen molar-refractivity contribution in [2.45, 2.75) is 38.6 Å². The van der Waals surface area contributed by atoms with E-state index in [2.05, 4.69) is 5.32 Å². The van der Waals surface area contributed by atoms with E-state index in [0.717, 1.165) is 24.1 Å².